The van der Waals surface area contributed by atoms with E-state index in [2.05, 4.69) is 25.7 Å². The van der Waals surface area contributed by atoms with Crippen molar-refractivity contribution in [2.24, 2.45) is 22.8 Å². The van der Waals surface area contributed by atoms with Gasteiger partial charge in [-0.05, 0) is 0 Å². The van der Waals surface area contributed by atoms with Crippen LogP contribution in [0.15, 0.2) is 11.0 Å². The van der Waals surface area contributed by atoms with E-state index in [9.17, 15) is 0 Å². The quantitative estimate of drug-likeness (QED) is 0.281. The first-order valence-corrected chi connectivity index (χ1v) is 12.0. The van der Waals surface area contributed by atoms with E-state index in [1.54, 1.807) is 0 Å². The third-order valence-corrected chi connectivity index (χ3v) is 12.8. The molecule has 4 atom stereocenters. The van der Waals surface area contributed by atoms with E-state index in [4.69, 9.17) is 16.6 Å². The second-order valence-electron chi connectivity index (χ2n) is 4.43. The second-order valence-corrected chi connectivity index (χ2v) is 12.4. The van der Waals surface area contributed by atoms with E-state index in [1.807, 2.05) is 0 Å². The molecular weight excluding hydrogens is 415 g/mol. The first kappa shape index (κ1) is 12.3. The van der Waals surface area contributed by atoms with Crippen molar-refractivity contribution in [1.29, 1.82) is 0 Å². The van der Waals surface area contributed by atoms with Crippen LogP contribution in [0.1, 0.15) is 19.3 Å². The van der Waals surface area contributed by atoms with Gasteiger partial charge in [0.1, 0.15) is 0 Å². The zero-order valence-corrected chi connectivity index (χ0v) is 13.5. The topological polar surface area (TPSA) is 146 Å². The summed E-state index contributed by atoms with van der Waals surface area (Å²) >= 11 is -3.16. The van der Waals surface area contributed by atoms with Gasteiger partial charge in [-0.15, -0.1) is 0 Å². The van der Waals surface area contributed by atoms with Gasteiger partial charge in [0.2, 0.25) is 0 Å². The van der Waals surface area contributed by atoms with Crippen LogP contribution in [0.25, 0.3) is 31.3 Å². The Morgan fingerprint density at radius 1 is 0.941 bits per heavy atom. The Morgan fingerprint density at radius 3 is 2.18 bits per heavy atom. The van der Waals surface area contributed by atoms with E-state index in [1.165, 1.54) is 0 Å². The molecule has 2 aliphatic carbocycles. The second kappa shape index (κ2) is 5.46. The number of nitrogens with zero attached hydrogens (tertiary/aromatic N) is 9. The summed E-state index contributed by atoms with van der Waals surface area (Å²) < 4.78 is 7.57. The average molecular weight is 425 g/mol. The zero-order chi connectivity index (χ0) is 12.3. The third-order valence-electron chi connectivity index (χ3n) is 3.80. The number of rotatable bonds is 4. The summed E-state index contributed by atoms with van der Waals surface area (Å²) in [4.78, 5) is 8.48. The van der Waals surface area contributed by atoms with Gasteiger partial charge in [-0.1, -0.05) is 0 Å². The fourth-order valence-electron chi connectivity index (χ4n) is 3.24. The first-order chi connectivity index (χ1) is 8.31. The van der Waals surface area contributed by atoms with Crippen molar-refractivity contribution in [2.75, 3.05) is 0 Å². The molecule has 0 amide bonds. The summed E-state index contributed by atoms with van der Waals surface area (Å²) in [5.74, 6) is 0.823. The van der Waals surface area contributed by atoms with Gasteiger partial charge in [0, 0.05) is 0 Å². The van der Waals surface area contributed by atoms with Gasteiger partial charge >= 0.3 is 106 Å². The van der Waals surface area contributed by atoms with Gasteiger partial charge in [-0.25, -0.2) is 0 Å². The van der Waals surface area contributed by atoms with Crippen molar-refractivity contribution in [3.63, 3.8) is 0 Å². The van der Waals surface area contributed by atoms with Crippen LogP contribution in [0, 0.1) is 11.8 Å². The minimum atomic E-state index is -3.16. The Bertz CT molecular complexity index is 426. The van der Waals surface area contributed by atoms with Crippen LogP contribution >= 0.6 is 0 Å². The molecule has 2 bridgehead atoms. The van der Waals surface area contributed by atoms with Crippen LogP contribution in [0.2, 0.25) is 3.48 Å². The van der Waals surface area contributed by atoms with Crippen molar-refractivity contribution in [3.8, 4) is 0 Å². The fraction of sp³-hybridized carbons (Fsp3) is 1.00. The van der Waals surface area contributed by atoms with Crippen LogP contribution in [-0.2, 0) is 0 Å². The minimum absolute atomic E-state index is 0.0800. The predicted octanol–water partition coefficient (Wildman–Crippen LogP) is 3.57. The molecule has 2 saturated carbocycles. The maximum atomic E-state index is 8.59. The Hall–Kier alpha value is -1.15. The van der Waals surface area contributed by atoms with E-state index < -0.39 is 23.3 Å². The normalized spacial score (nSPS) is 33.2. The van der Waals surface area contributed by atoms with E-state index in [0.29, 0.717) is 11.8 Å². The number of hydrogen-bond donors (Lipinski definition) is 0. The number of hydrogen-bond acceptors (Lipinski definition) is 3. The summed E-state index contributed by atoms with van der Waals surface area (Å²) in [6.07, 6.45) is 3.16. The standard InChI is InChI=1S/C7H10N3.2N3.Tl/c8-10-9-7-4-5-1-2-6(7)3-5;2*1-3-2;/h4-7H,1-3H2;;;/q;2*-1;+2. The number of azide groups is 2. The van der Waals surface area contributed by atoms with Crippen LogP contribution in [-0.4, -0.2) is 29.3 Å². The summed E-state index contributed by atoms with van der Waals surface area (Å²) in [7, 11) is 0. The molecule has 0 aliphatic heterocycles. The molecule has 0 N–H and O–H groups in total. The number of fused-ring (bicyclic) bond motifs is 2. The molecule has 2 aliphatic rings. The molecule has 0 heterocycles. The Labute approximate surface area is 106 Å². The van der Waals surface area contributed by atoms with Gasteiger partial charge < -0.3 is 0 Å². The van der Waals surface area contributed by atoms with Gasteiger partial charge in [-0.3, -0.25) is 0 Å². The third kappa shape index (κ3) is 2.27. The molecule has 10 heteroatoms. The fourth-order valence-corrected chi connectivity index (χ4v) is 11.6. The molecule has 86 valence electrons. The van der Waals surface area contributed by atoms with Crippen molar-refractivity contribution in [2.45, 2.75) is 28.8 Å². The Balaban J connectivity index is 2.30. The summed E-state index contributed by atoms with van der Waals surface area (Å²) in [6.45, 7) is 0. The molecule has 0 spiro atoms. The zero-order valence-electron chi connectivity index (χ0n) is 9.03. The van der Waals surface area contributed by atoms with Crippen molar-refractivity contribution in [1.82, 2.24) is 0 Å². The molecule has 2 rings (SSSR count). The molecule has 4 unspecified atom stereocenters. The van der Waals surface area contributed by atoms with Gasteiger partial charge in [-0.2, -0.15) is 0 Å². The van der Waals surface area contributed by atoms with Crippen LogP contribution in [0.4, 0.5) is 0 Å². The van der Waals surface area contributed by atoms with Crippen LogP contribution in [0.5, 0.6) is 0 Å². The molecule has 0 radical (unpaired) electrons. The summed E-state index contributed by atoms with van der Waals surface area (Å²) in [5, 5.41) is 3.84. The van der Waals surface area contributed by atoms with E-state index in [-0.39, 0.29) is 9.52 Å². The van der Waals surface area contributed by atoms with Gasteiger partial charge in [0.15, 0.2) is 0 Å². The van der Waals surface area contributed by atoms with Crippen molar-refractivity contribution in [3.05, 3.63) is 31.3 Å². The van der Waals surface area contributed by atoms with E-state index >= 15 is 0 Å². The summed E-state index contributed by atoms with van der Waals surface area (Å²) in [5.41, 5.74) is 25.7. The predicted molar refractivity (Wildman–Crippen MR) is 61.6 cm³/mol. The van der Waals surface area contributed by atoms with Crippen LogP contribution < -0.4 is 0 Å². The summed E-state index contributed by atoms with van der Waals surface area (Å²) in [6, 6.07) is -0.110. The molecular formula is C7H10N9Tl. The van der Waals surface area contributed by atoms with Crippen molar-refractivity contribution >= 4 is 23.3 Å². The SMILES string of the molecule is [N-]=[N+]=NC1C2CCC(C2)[CH]1[Tl]([N]=[N+]=[N-])[N]=[N+]=[N-]. The first-order valence-electron chi connectivity index (χ1n) is 5.44. The molecule has 17 heavy (non-hydrogen) atoms. The molecule has 9 nitrogen and oxygen atoms in total. The molecule has 0 aromatic heterocycles. The molecule has 0 aromatic carbocycles. The van der Waals surface area contributed by atoms with Crippen molar-refractivity contribution < 1.29 is 0 Å². The Kier molecular flexibility index (Phi) is 3.95. The van der Waals surface area contributed by atoms with E-state index in [0.717, 1.165) is 19.3 Å². The maximum absolute atomic E-state index is 8.59. The molecule has 2 fully saturated rings. The van der Waals surface area contributed by atoms with Gasteiger partial charge in [0.05, 0.1) is 0 Å². The molecule has 0 aromatic rings. The van der Waals surface area contributed by atoms with Gasteiger partial charge in [0.25, 0.3) is 0 Å². The Morgan fingerprint density at radius 2 is 1.59 bits per heavy atom. The van der Waals surface area contributed by atoms with Crippen LogP contribution in [0.3, 0.4) is 0 Å². The average Bonchev–Trinajstić information content (AvgIpc) is 2.90. The molecule has 0 saturated heterocycles. The monoisotopic (exact) mass is 425 g/mol.